The van der Waals surface area contributed by atoms with E-state index < -0.39 is 0 Å². The lowest BCUT2D eigenvalue weighted by Gasteiger charge is -2.30. The number of ether oxygens (including phenoxy) is 2. The largest absolute Gasteiger partial charge is 0.488 e. The molecule has 2 heterocycles. The van der Waals surface area contributed by atoms with Crippen molar-refractivity contribution in [2.45, 2.75) is 235 Å². The summed E-state index contributed by atoms with van der Waals surface area (Å²) in [6.45, 7) is 44.1. The van der Waals surface area contributed by atoms with Crippen molar-refractivity contribution in [2.75, 3.05) is 0 Å². The fraction of sp³-hybridized carbons (Fsp3) is 0.353. The number of benzene rings is 11. The molecule has 0 aromatic heterocycles. The second kappa shape index (κ2) is 29.2. The minimum Gasteiger partial charge on any atom is -0.488 e. The number of hydrogen-bond donors (Lipinski definition) is 0. The standard InChI is InChI=1S/C102H114O2/c1-97(2,3)85-53-73-47-74-54-86(98(4,5)6)58-78(92(74)44-68-34-25-20-26-35-68)50-83-63-90(102(16,17)18)64-84-52-80-60-88(100(10,11)12)56-76(94(80)46-70-38-29-22-30-39-70)48-75-55-87(99(7,8)9)59-79(93(75)45-69-36-27-21-28-37-69)51-82-62-89(101(13,14)15)61-81(49-77(57-85)91(73)43-67-32-23-19-24-33-67)95(82)103-65-71-40-31-41-72(42-71)66-104-96(83)84/h19-42,53-64H,43-52,65-66H2,1-18H3. The highest BCUT2D eigenvalue weighted by Crippen LogP contribution is 2.45. The first kappa shape index (κ1) is 73.3. The normalized spacial score (nSPS) is 13.9. The van der Waals surface area contributed by atoms with Crippen LogP contribution in [0.2, 0.25) is 0 Å². The predicted molar refractivity (Wildman–Crippen MR) is 440 cm³/mol. The first-order valence-electron chi connectivity index (χ1n) is 38.7. The van der Waals surface area contributed by atoms with E-state index >= 15 is 0 Å². The number of hydrogen-bond acceptors (Lipinski definition) is 2. The molecule has 0 atom stereocenters. The molecule has 11 aromatic carbocycles. The van der Waals surface area contributed by atoms with Gasteiger partial charge in [0.05, 0.1) is 0 Å². The van der Waals surface area contributed by atoms with E-state index in [2.05, 4.69) is 343 Å². The SMILES string of the molecule is CC(C)(C)c1cc2c(Cc3ccccc3)c(c1)Cc1cc(C(C)(C)C)cc3c1OCc1cccc(c1)COc1c(cc(C(C)(C)C)cc1Cc1cc(C(C)(C)C)cc(c1Cc1ccccc1)Cc1cc(C(C)(C)C)cc(c1Cc1ccccc1)C3)Cc1cc(C(C)(C)C)cc(c1Cc1ccccc1)C2. The fourth-order valence-corrected chi connectivity index (χ4v) is 15.9. The van der Waals surface area contributed by atoms with Gasteiger partial charge in [-0.3, -0.25) is 0 Å². The van der Waals surface area contributed by atoms with Crippen molar-refractivity contribution in [1.82, 2.24) is 0 Å². The zero-order chi connectivity index (χ0) is 73.7. The molecule has 0 radical (unpaired) electrons. The smallest absolute Gasteiger partial charge is 0.126 e. The molecule has 2 aliphatic heterocycles. The maximum atomic E-state index is 7.84. The third kappa shape index (κ3) is 17.0. The second-order valence-corrected chi connectivity index (χ2v) is 36.9. The predicted octanol–water partition coefficient (Wildman–Crippen LogP) is 25.2. The molecule has 0 saturated carbocycles. The van der Waals surface area contributed by atoms with Gasteiger partial charge in [0.15, 0.2) is 0 Å². The van der Waals surface area contributed by atoms with Gasteiger partial charge >= 0.3 is 0 Å². The molecule has 0 fully saturated rings. The Labute approximate surface area is 625 Å². The van der Waals surface area contributed by atoms with Crippen LogP contribution < -0.4 is 9.47 Å². The molecule has 2 aliphatic rings. The zero-order valence-electron chi connectivity index (χ0n) is 66.1. The summed E-state index contributed by atoms with van der Waals surface area (Å²) >= 11 is 0. The first-order valence-corrected chi connectivity index (χ1v) is 38.7. The highest BCUT2D eigenvalue weighted by molar-refractivity contribution is 5.61. The Morgan fingerprint density at radius 1 is 0.212 bits per heavy atom. The van der Waals surface area contributed by atoms with Crippen molar-refractivity contribution >= 4 is 0 Å². The molecular formula is C102H114O2. The summed E-state index contributed by atoms with van der Waals surface area (Å²) in [6.07, 6.45) is 7.51. The van der Waals surface area contributed by atoms with E-state index in [4.69, 9.17) is 9.47 Å². The van der Waals surface area contributed by atoms with Gasteiger partial charge in [-0.1, -0.05) is 337 Å². The Bertz CT molecular complexity index is 4330. The van der Waals surface area contributed by atoms with Crippen LogP contribution in [0.5, 0.6) is 11.5 Å². The molecule has 13 rings (SSSR count). The highest BCUT2D eigenvalue weighted by Gasteiger charge is 2.32. The summed E-state index contributed by atoms with van der Waals surface area (Å²) < 4.78 is 15.7. The quantitative estimate of drug-likeness (QED) is 0.151. The van der Waals surface area contributed by atoms with Gasteiger partial charge in [0.1, 0.15) is 24.7 Å². The summed E-state index contributed by atoms with van der Waals surface area (Å²) in [4.78, 5) is 0. The molecule has 2 nitrogen and oxygen atoms in total. The van der Waals surface area contributed by atoms with Crippen LogP contribution in [0.1, 0.15) is 280 Å². The Kier molecular flexibility index (Phi) is 20.6. The first-order chi connectivity index (χ1) is 49.2. The van der Waals surface area contributed by atoms with Gasteiger partial charge in [0.2, 0.25) is 0 Å². The van der Waals surface area contributed by atoms with E-state index in [1.807, 2.05) is 0 Å². The van der Waals surface area contributed by atoms with E-state index in [1.54, 1.807) is 0 Å². The van der Waals surface area contributed by atoms with Crippen LogP contribution in [0, 0.1) is 0 Å². The number of rotatable bonds is 8. The molecule has 0 N–H and O–H groups in total. The summed E-state index contributed by atoms with van der Waals surface area (Å²) in [7, 11) is 0. The van der Waals surface area contributed by atoms with Crippen molar-refractivity contribution in [3.05, 3.63) is 374 Å². The van der Waals surface area contributed by atoms with E-state index in [0.29, 0.717) is 38.9 Å². The van der Waals surface area contributed by atoms with Crippen LogP contribution in [0.4, 0.5) is 0 Å². The third-order valence-electron chi connectivity index (χ3n) is 22.4. The van der Waals surface area contributed by atoms with Gasteiger partial charge in [-0.25, -0.2) is 0 Å². The molecule has 534 valence electrons. The summed E-state index contributed by atoms with van der Waals surface area (Å²) in [5, 5.41) is 0. The molecule has 104 heavy (non-hydrogen) atoms. The van der Waals surface area contributed by atoms with Crippen molar-refractivity contribution in [1.29, 1.82) is 0 Å². The monoisotopic (exact) mass is 1370 g/mol. The van der Waals surface area contributed by atoms with Crippen LogP contribution in [0.25, 0.3) is 0 Å². The van der Waals surface area contributed by atoms with Gasteiger partial charge in [-0.2, -0.15) is 0 Å². The molecule has 0 saturated heterocycles. The Balaban J connectivity index is 1.22. The van der Waals surface area contributed by atoms with Crippen LogP contribution >= 0.6 is 0 Å². The topological polar surface area (TPSA) is 18.5 Å². The average molecular weight is 1370 g/mol. The maximum Gasteiger partial charge on any atom is 0.126 e. The average Bonchev–Trinajstić information content (AvgIpc) is 0.766. The lowest BCUT2D eigenvalue weighted by Crippen LogP contribution is -2.18. The summed E-state index contributed by atoms with van der Waals surface area (Å²) in [5.41, 5.74) is 36.0. The number of fused-ring (bicyclic) bond motifs is 10. The van der Waals surface area contributed by atoms with Crippen LogP contribution in [0.15, 0.2) is 218 Å². The van der Waals surface area contributed by atoms with Crippen molar-refractivity contribution in [3.8, 4) is 11.5 Å². The minimum absolute atomic E-state index is 0.159. The van der Waals surface area contributed by atoms with E-state index in [9.17, 15) is 0 Å². The molecule has 11 aromatic rings. The minimum atomic E-state index is -0.189. The van der Waals surface area contributed by atoms with Crippen LogP contribution in [-0.4, -0.2) is 0 Å². The molecule has 0 amide bonds. The van der Waals surface area contributed by atoms with Crippen molar-refractivity contribution in [2.24, 2.45) is 0 Å². The van der Waals surface area contributed by atoms with E-state index in [1.165, 1.54) is 145 Å². The second-order valence-electron chi connectivity index (χ2n) is 36.9. The lowest BCUT2D eigenvalue weighted by molar-refractivity contribution is 0.294. The Hall–Kier alpha value is -8.98. The van der Waals surface area contributed by atoms with Gasteiger partial charge in [-0.15, -0.1) is 0 Å². The van der Waals surface area contributed by atoms with Gasteiger partial charge < -0.3 is 9.47 Å². The van der Waals surface area contributed by atoms with Crippen molar-refractivity contribution < 1.29 is 9.47 Å². The van der Waals surface area contributed by atoms with E-state index in [-0.39, 0.29) is 32.5 Å². The zero-order valence-corrected chi connectivity index (χ0v) is 66.1. The molecular weight excluding hydrogens is 1260 g/mol. The molecule has 0 unspecified atom stereocenters. The van der Waals surface area contributed by atoms with Crippen molar-refractivity contribution in [3.63, 3.8) is 0 Å². The molecule has 0 spiro atoms. The van der Waals surface area contributed by atoms with Crippen LogP contribution in [-0.2, 0) is 110 Å². The fourth-order valence-electron chi connectivity index (χ4n) is 15.9. The Morgan fingerprint density at radius 2 is 0.394 bits per heavy atom. The molecule has 12 bridgehead atoms. The summed E-state index contributed by atoms with van der Waals surface area (Å²) in [6, 6.07) is 85.2. The van der Waals surface area contributed by atoms with Gasteiger partial charge in [0, 0.05) is 25.7 Å². The highest BCUT2D eigenvalue weighted by atomic mass is 16.5. The van der Waals surface area contributed by atoms with E-state index in [0.717, 1.165) is 61.2 Å². The Morgan fingerprint density at radius 3 is 0.587 bits per heavy atom. The molecule has 2 heteroatoms. The third-order valence-corrected chi connectivity index (χ3v) is 22.4. The molecule has 0 aliphatic carbocycles. The maximum absolute atomic E-state index is 7.84. The van der Waals surface area contributed by atoms with Crippen LogP contribution in [0.3, 0.4) is 0 Å². The van der Waals surface area contributed by atoms with Gasteiger partial charge in [0.25, 0.3) is 0 Å². The lowest BCUT2D eigenvalue weighted by atomic mass is 9.76. The summed E-state index contributed by atoms with van der Waals surface area (Å²) in [5.74, 6) is 1.97. The van der Waals surface area contributed by atoms with Gasteiger partial charge in [-0.05, 0) is 233 Å².